The van der Waals surface area contributed by atoms with Crippen molar-refractivity contribution in [3.8, 4) is 11.1 Å². The Balaban J connectivity index is 1.84. The lowest BCUT2D eigenvalue weighted by Gasteiger charge is -2.20. The summed E-state index contributed by atoms with van der Waals surface area (Å²) in [5.74, 6) is 1.24. The number of nitrogens with two attached hydrogens (primary N) is 1. The number of carbonyl (C=O) groups excluding carboxylic acids is 1. The first-order chi connectivity index (χ1) is 12.9. The SMILES string of the molecule is Cc1ncc(-c2ccc3c(c2)N(c2cnc(CN)nc2)C(=O)C3(C)C)cn1. The highest BCUT2D eigenvalue weighted by Crippen LogP contribution is 2.46. The summed E-state index contributed by atoms with van der Waals surface area (Å²) in [5, 5.41) is 0. The molecule has 2 aromatic heterocycles. The number of anilines is 2. The number of fused-ring (bicyclic) bond motifs is 1. The molecule has 7 heteroatoms. The molecule has 0 saturated heterocycles. The molecule has 0 spiro atoms. The third-order valence-corrected chi connectivity index (χ3v) is 4.90. The van der Waals surface area contributed by atoms with Crippen molar-refractivity contribution < 1.29 is 4.79 Å². The standard InChI is InChI=1S/C20H20N6O/c1-12-22-8-14(9-23-12)13-4-5-16-17(6-13)26(19(27)20(16,2)3)15-10-24-18(7-21)25-11-15/h4-6,8-11H,7,21H2,1-3H3. The summed E-state index contributed by atoms with van der Waals surface area (Å²) in [5.41, 5.74) is 9.21. The van der Waals surface area contributed by atoms with E-state index in [1.165, 1.54) is 0 Å². The van der Waals surface area contributed by atoms with Crippen LogP contribution in [-0.2, 0) is 16.8 Å². The molecule has 1 aromatic carbocycles. The van der Waals surface area contributed by atoms with Gasteiger partial charge in [0, 0.05) is 18.0 Å². The Morgan fingerprint density at radius 2 is 1.67 bits per heavy atom. The van der Waals surface area contributed by atoms with Crippen molar-refractivity contribution >= 4 is 17.3 Å². The third-order valence-electron chi connectivity index (χ3n) is 4.90. The maximum Gasteiger partial charge on any atom is 0.241 e. The summed E-state index contributed by atoms with van der Waals surface area (Å²) in [6.45, 7) is 5.96. The number of amides is 1. The number of hydrogen-bond donors (Lipinski definition) is 1. The zero-order valence-electron chi connectivity index (χ0n) is 15.5. The minimum Gasteiger partial charge on any atom is -0.324 e. The Hall–Kier alpha value is -3.19. The van der Waals surface area contributed by atoms with Crippen LogP contribution in [0, 0.1) is 6.92 Å². The number of nitrogens with zero attached hydrogens (tertiary/aromatic N) is 5. The second-order valence-electron chi connectivity index (χ2n) is 7.08. The number of rotatable bonds is 3. The van der Waals surface area contributed by atoms with Gasteiger partial charge in [-0.1, -0.05) is 12.1 Å². The van der Waals surface area contributed by atoms with Crippen LogP contribution in [-0.4, -0.2) is 25.8 Å². The first-order valence-electron chi connectivity index (χ1n) is 8.71. The molecule has 136 valence electrons. The summed E-state index contributed by atoms with van der Waals surface area (Å²) in [7, 11) is 0. The van der Waals surface area contributed by atoms with Gasteiger partial charge in [0.15, 0.2) is 0 Å². The zero-order chi connectivity index (χ0) is 19.2. The molecule has 1 aliphatic heterocycles. The molecule has 0 atom stereocenters. The summed E-state index contributed by atoms with van der Waals surface area (Å²) in [4.78, 5) is 31.8. The Kier molecular flexibility index (Phi) is 3.96. The maximum absolute atomic E-state index is 13.2. The van der Waals surface area contributed by atoms with Crippen molar-refractivity contribution in [3.63, 3.8) is 0 Å². The van der Waals surface area contributed by atoms with E-state index >= 15 is 0 Å². The van der Waals surface area contributed by atoms with Crippen molar-refractivity contribution in [3.05, 3.63) is 60.2 Å². The van der Waals surface area contributed by atoms with Crippen LogP contribution >= 0.6 is 0 Å². The van der Waals surface area contributed by atoms with Crippen molar-refractivity contribution in [2.24, 2.45) is 5.73 Å². The smallest absolute Gasteiger partial charge is 0.241 e. The second kappa shape index (κ2) is 6.21. The van der Waals surface area contributed by atoms with Gasteiger partial charge in [-0.3, -0.25) is 9.69 Å². The number of benzene rings is 1. The van der Waals surface area contributed by atoms with Gasteiger partial charge in [-0.25, -0.2) is 19.9 Å². The minimum atomic E-state index is -0.635. The maximum atomic E-state index is 13.2. The predicted octanol–water partition coefficient (Wildman–Crippen LogP) is 2.66. The first-order valence-corrected chi connectivity index (χ1v) is 8.71. The van der Waals surface area contributed by atoms with E-state index in [9.17, 15) is 4.79 Å². The molecule has 7 nitrogen and oxygen atoms in total. The van der Waals surface area contributed by atoms with Crippen molar-refractivity contribution in [1.29, 1.82) is 0 Å². The predicted molar refractivity (Wildman–Crippen MR) is 102 cm³/mol. The first kappa shape index (κ1) is 17.2. The zero-order valence-corrected chi connectivity index (χ0v) is 15.5. The van der Waals surface area contributed by atoms with Gasteiger partial charge in [-0.05, 0) is 38.0 Å². The van der Waals surface area contributed by atoms with Gasteiger partial charge in [0.05, 0.1) is 35.7 Å². The normalized spacial score (nSPS) is 15.1. The molecule has 0 saturated carbocycles. The molecular weight excluding hydrogens is 340 g/mol. The highest BCUT2D eigenvalue weighted by atomic mass is 16.2. The van der Waals surface area contributed by atoms with E-state index in [-0.39, 0.29) is 12.5 Å². The molecule has 1 aliphatic rings. The minimum absolute atomic E-state index is 0.0149. The van der Waals surface area contributed by atoms with Crippen LogP contribution in [0.5, 0.6) is 0 Å². The van der Waals surface area contributed by atoms with Crippen molar-refractivity contribution in [2.75, 3.05) is 4.90 Å². The van der Waals surface area contributed by atoms with Gasteiger partial charge in [0.1, 0.15) is 11.6 Å². The third kappa shape index (κ3) is 2.76. The molecule has 27 heavy (non-hydrogen) atoms. The molecule has 0 bridgehead atoms. The summed E-state index contributed by atoms with van der Waals surface area (Å²) < 4.78 is 0. The lowest BCUT2D eigenvalue weighted by Crippen LogP contribution is -2.33. The molecule has 0 radical (unpaired) electrons. The highest BCUT2D eigenvalue weighted by Gasteiger charge is 2.44. The van der Waals surface area contributed by atoms with Gasteiger partial charge >= 0.3 is 0 Å². The van der Waals surface area contributed by atoms with E-state index < -0.39 is 5.41 Å². The quantitative estimate of drug-likeness (QED) is 0.771. The fraction of sp³-hybridized carbons (Fsp3) is 0.250. The van der Waals surface area contributed by atoms with Crippen LogP contribution in [0.15, 0.2) is 43.0 Å². The average Bonchev–Trinajstić information content (AvgIpc) is 2.88. The van der Waals surface area contributed by atoms with E-state index in [4.69, 9.17) is 5.73 Å². The lowest BCUT2D eigenvalue weighted by molar-refractivity contribution is -0.121. The van der Waals surface area contributed by atoms with Crippen molar-refractivity contribution in [1.82, 2.24) is 19.9 Å². The molecule has 4 rings (SSSR count). The molecule has 3 aromatic rings. The van der Waals surface area contributed by atoms with E-state index in [1.807, 2.05) is 39.0 Å². The van der Waals surface area contributed by atoms with E-state index in [0.29, 0.717) is 11.5 Å². The topological polar surface area (TPSA) is 97.9 Å². The van der Waals surface area contributed by atoms with Gasteiger partial charge in [0.2, 0.25) is 5.91 Å². The van der Waals surface area contributed by atoms with E-state index in [1.54, 1.807) is 29.7 Å². The van der Waals surface area contributed by atoms with Gasteiger partial charge in [-0.2, -0.15) is 0 Å². The highest BCUT2D eigenvalue weighted by molar-refractivity contribution is 6.12. The molecule has 0 aliphatic carbocycles. The molecular formula is C20H20N6O. The number of aromatic nitrogens is 4. The molecule has 3 heterocycles. The van der Waals surface area contributed by atoms with Crippen LogP contribution in [0.25, 0.3) is 11.1 Å². The Bertz CT molecular complexity index is 1010. The summed E-state index contributed by atoms with van der Waals surface area (Å²) >= 11 is 0. The monoisotopic (exact) mass is 360 g/mol. The van der Waals surface area contributed by atoms with E-state index in [0.717, 1.165) is 28.2 Å². The number of carbonyl (C=O) groups is 1. The van der Waals surface area contributed by atoms with Crippen LogP contribution in [0.2, 0.25) is 0 Å². The largest absolute Gasteiger partial charge is 0.324 e. The summed E-state index contributed by atoms with van der Waals surface area (Å²) in [6, 6.07) is 5.99. The Morgan fingerprint density at radius 3 is 2.30 bits per heavy atom. The second-order valence-corrected chi connectivity index (χ2v) is 7.08. The van der Waals surface area contributed by atoms with Crippen LogP contribution in [0.3, 0.4) is 0 Å². The van der Waals surface area contributed by atoms with Crippen LogP contribution in [0.4, 0.5) is 11.4 Å². The lowest BCUT2D eigenvalue weighted by atomic mass is 9.85. The molecule has 1 amide bonds. The van der Waals surface area contributed by atoms with Gasteiger partial charge < -0.3 is 5.73 Å². The Morgan fingerprint density at radius 1 is 1.00 bits per heavy atom. The Labute approximate surface area is 157 Å². The fourth-order valence-electron chi connectivity index (χ4n) is 3.30. The molecule has 0 fully saturated rings. The molecule has 0 unspecified atom stereocenters. The average molecular weight is 360 g/mol. The van der Waals surface area contributed by atoms with Gasteiger partial charge in [-0.15, -0.1) is 0 Å². The number of aryl methyl sites for hydroxylation is 1. The summed E-state index contributed by atoms with van der Waals surface area (Å²) in [6.07, 6.45) is 6.85. The number of hydrogen-bond acceptors (Lipinski definition) is 6. The van der Waals surface area contributed by atoms with Crippen LogP contribution < -0.4 is 10.6 Å². The van der Waals surface area contributed by atoms with Gasteiger partial charge in [0.25, 0.3) is 0 Å². The fourth-order valence-corrected chi connectivity index (χ4v) is 3.30. The van der Waals surface area contributed by atoms with Crippen LogP contribution in [0.1, 0.15) is 31.1 Å². The van der Waals surface area contributed by atoms with Crippen molar-refractivity contribution in [2.45, 2.75) is 32.7 Å². The van der Waals surface area contributed by atoms with E-state index in [2.05, 4.69) is 19.9 Å². The molecule has 2 N–H and O–H groups in total.